The summed E-state index contributed by atoms with van der Waals surface area (Å²) in [6.45, 7) is 5.93. The fourth-order valence-electron chi connectivity index (χ4n) is 2.31. The highest BCUT2D eigenvalue weighted by atomic mass is 32.2. The van der Waals surface area contributed by atoms with E-state index in [4.69, 9.17) is 9.52 Å². The van der Waals surface area contributed by atoms with Gasteiger partial charge in [-0.25, -0.2) is 4.98 Å². The summed E-state index contributed by atoms with van der Waals surface area (Å²) in [6, 6.07) is 13.9. The lowest BCUT2D eigenvalue weighted by atomic mass is 10.2. The van der Waals surface area contributed by atoms with Crippen molar-refractivity contribution in [2.75, 3.05) is 11.5 Å². The van der Waals surface area contributed by atoms with Crippen molar-refractivity contribution in [3.8, 4) is 23.3 Å². The number of aromatic nitrogens is 1. The number of carboxylic acids is 1. The predicted octanol–water partition coefficient (Wildman–Crippen LogP) is 5.50. The van der Waals surface area contributed by atoms with Crippen LogP contribution in [0, 0.1) is 18.8 Å². The van der Waals surface area contributed by atoms with Gasteiger partial charge in [-0.2, -0.15) is 0 Å². The van der Waals surface area contributed by atoms with E-state index in [-0.39, 0.29) is 5.75 Å². The summed E-state index contributed by atoms with van der Waals surface area (Å²) < 4.78 is 5.81. The number of rotatable bonds is 6. The van der Waals surface area contributed by atoms with Gasteiger partial charge in [0.2, 0.25) is 5.89 Å². The van der Waals surface area contributed by atoms with Crippen LogP contribution in [0.2, 0.25) is 0 Å². The smallest absolute Gasteiger partial charge is 0.313 e. The SMILES string of the molecule is CC.Cc1oc(-c2ccccc2)nc1Cc1ccc(C#CCSCC(=O)O)s1. The maximum Gasteiger partial charge on any atom is 0.313 e. The molecule has 1 aromatic carbocycles. The molecule has 0 saturated carbocycles. The van der Waals surface area contributed by atoms with Crippen LogP contribution in [-0.2, 0) is 11.2 Å². The number of aliphatic carboxylic acids is 1. The van der Waals surface area contributed by atoms with E-state index >= 15 is 0 Å². The topological polar surface area (TPSA) is 63.3 Å². The summed E-state index contributed by atoms with van der Waals surface area (Å²) in [5.74, 6) is 7.34. The van der Waals surface area contributed by atoms with Crippen molar-refractivity contribution in [2.24, 2.45) is 0 Å². The minimum absolute atomic E-state index is 0.0829. The van der Waals surface area contributed by atoms with Crippen molar-refractivity contribution >= 4 is 29.1 Å². The van der Waals surface area contributed by atoms with Crippen LogP contribution in [0.4, 0.5) is 0 Å². The van der Waals surface area contributed by atoms with Gasteiger partial charge >= 0.3 is 5.97 Å². The Morgan fingerprint density at radius 1 is 1.21 bits per heavy atom. The molecule has 28 heavy (non-hydrogen) atoms. The van der Waals surface area contributed by atoms with Crippen molar-refractivity contribution in [2.45, 2.75) is 27.2 Å². The van der Waals surface area contributed by atoms with Crippen molar-refractivity contribution in [3.05, 3.63) is 63.7 Å². The monoisotopic (exact) mass is 413 g/mol. The number of benzene rings is 1. The second kappa shape index (κ2) is 11.4. The summed E-state index contributed by atoms with van der Waals surface area (Å²) >= 11 is 2.93. The van der Waals surface area contributed by atoms with E-state index in [1.807, 2.05) is 57.2 Å². The zero-order valence-corrected chi connectivity index (χ0v) is 17.8. The Kier molecular flexibility index (Phi) is 8.86. The molecule has 0 fully saturated rings. The minimum Gasteiger partial charge on any atom is -0.481 e. The van der Waals surface area contributed by atoms with Crippen molar-refractivity contribution in [1.29, 1.82) is 0 Å². The third kappa shape index (κ3) is 6.59. The van der Waals surface area contributed by atoms with Crippen LogP contribution in [0.25, 0.3) is 11.5 Å². The van der Waals surface area contributed by atoms with Gasteiger partial charge in [-0.3, -0.25) is 4.79 Å². The molecule has 2 aromatic heterocycles. The van der Waals surface area contributed by atoms with E-state index in [1.54, 1.807) is 11.3 Å². The van der Waals surface area contributed by atoms with E-state index in [0.717, 1.165) is 21.9 Å². The molecule has 0 amide bonds. The van der Waals surface area contributed by atoms with Crippen molar-refractivity contribution in [3.63, 3.8) is 0 Å². The molecule has 0 atom stereocenters. The lowest BCUT2D eigenvalue weighted by Gasteiger charge is -1.93. The zero-order chi connectivity index (χ0) is 20.4. The largest absolute Gasteiger partial charge is 0.481 e. The molecular weight excluding hydrogens is 390 g/mol. The molecular formula is C22H23NO3S2. The zero-order valence-electron chi connectivity index (χ0n) is 16.2. The number of nitrogens with zero attached hydrogens (tertiary/aromatic N) is 1. The molecule has 0 aliphatic rings. The lowest BCUT2D eigenvalue weighted by Crippen LogP contribution is -1.97. The molecule has 0 aliphatic heterocycles. The van der Waals surface area contributed by atoms with Crippen molar-refractivity contribution < 1.29 is 14.3 Å². The average Bonchev–Trinajstić information content (AvgIpc) is 3.30. The Morgan fingerprint density at radius 3 is 2.68 bits per heavy atom. The highest BCUT2D eigenvalue weighted by molar-refractivity contribution is 8.00. The van der Waals surface area contributed by atoms with Gasteiger partial charge in [0, 0.05) is 16.9 Å². The Morgan fingerprint density at radius 2 is 1.96 bits per heavy atom. The van der Waals surface area contributed by atoms with E-state index in [2.05, 4.69) is 22.9 Å². The fraction of sp³-hybridized carbons (Fsp3) is 0.273. The standard InChI is InChI=1S/C20H17NO3S2.C2H6/c1-14-18(21-20(24-14)15-6-3-2-4-7-15)12-17-10-9-16(26-17)8-5-11-25-13-19(22)23;1-2/h2-4,6-7,9-10H,11-13H2,1H3,(H,22,23);1-2H3. The molecule has 3 aromatic rings. The predicted molar refractivity (Wildman–Crippen MR) is 117 cm³/mol. The van der Waals surface area contributed by atoms with Gasteiger partial charge in [-0.1, -0.05) is 43.9 Å². The number of thioether (sulfide) groups is 1. The highest BCUT2D eigenvalue weighted by Gasteiger charge is 2.12. The first-order valence-electron chi connectivity index (χ1n) is 9.00. The molecule has 6 heteroatoms. The summed E-state index contributed by atoms with van der Waals surface area (Å²) in [6.07, 6.45) is 0.711. The minimum atomic E-state index is -0.812. The maximum atomic E-state index is 10.4. The maximum absolute atomic E-state index is 10.4. The third-order valence-corrected chi connectivity index (χ3v) is 5.33. The second-order valence-corrected chi connectivity index (χ2v) is 7.67. The normalized spacial score (nSPS) is 9.82. The van der Waals surface area contributed by atoms with E-state index in [0.29, 0.717) is 18.1 Å². The molecule has 0 spiro atoms. The Hall–Kier alpha value is -2.49. The number of carbonyl (C=O) groups is 1. The van der Waals surface area contributed by atoms with E-state index in [9.17, 15) is 4.79 Å². The van der Waals surface area contributed by atoms with Crippen LogP contribution >= 0.6 is 23.1 Å². The van der Waals surface area contributed by atoms with Gasteiger partial charge in [-0.15, -0.1) is 23.1 Å². The second-order valence-electron chi connectivity index (χ2n) is 5.52. The van der Waals surface area contributed by atoms with Crippen molar-refractivity contribution in [1.82, 2.24) is 4.98 Å². The molecule has 146 valence electrons. The van der Waals surface area contributed by atoms with Crippen LogP contribution in [-0.4, -0.2) is 27.6 Å². The summed E-state index contributed by atoms with van der Waals surface area (Å²) in [4.78, 5) is 17.2. The number of aryl methyl sites for hydroxylation is 1. The highest BCUT2D eigenvalue weighted by Crippen LogP contribution is 2.25. The Balaban J connectivity index is 0.00000136. The van der Waals surface area contributed by atoms with Crippen LogP contribution in [0.15, 0.2) is 46.9 Å². The van der Waals surface area contributed by atoms with Gasteiger partial charge in [0.25, 0.3) is 0 Å². The number of thiophene rings is 1. The first-order valence-corrected chi connectivity index (χ1v) is 11.0. The molecule has 0 saturated heterocycles. The van der Waals surface area contributed by atoms with Crippen LogP contribution in [0.3, 0.4) is 0 Å². The van der Waals surface area contributed by atoms with E-state index < -0.39 is 5.97 Å². The van der Waals surface area contributed by atoms with Gasteiger partial charge in [0.05, 0.1) is 22.1 Å². The molecule has 4 nitrogen and oxygen atoms in total. The first-order chi connectivity index (χ1) is 13.6. The number of carboxylic acid groups (broad SMARTS) is 1. The Labute approximate surface area is 174 Å². The van der Waals surface area contributed by atoms with E-state index in [1.165, 1.54) is 16.6 Å². The van der Waals surface area contributed by atoms with Gasteiger partial charge in [-0.05, 0) is 31.2 Å². The van der Waals surface area contributed by atoms with Crippen LogP contribution in [0.1, 0.15) is 35.1 Å². The molecule has 1 N–H and O–H groups in total. The van der Waals surface area contributed by atoms with Crippen LogP contribution in [0.5, 0.6) is 0 Å². The number of hydrogen-bond donors (Lipinski definition) is 1. The van der Waals surface area contributed by atoms with Crippen LogP contribution < -0.4 is 0 Å². The molecule has 0 unspecified atom stereocenters. The number of hydrogen-bond acceptors (Lipinski definition) is 5. The van der Waals surface area contributed by atoms with Gasteiger partial charge < -0.3 is 9.52 Å². The van der Waals surface area contributed by atoms with Gasteiger partial charge in [0.15, 0.2) is 0 Å². The quantitative estimate of drug-likeness (QED) is 0.427. The average molecular weight is 414 g/mol. The number of oxazole rings is 1. The molecule has 2 heterocycles. The molecule has 0 aliphatic carbocycles. The summed E-state index contributed by atoms with van der Waals surface area (Å²) in [5.41, 5.74) is 1.90. The van der Waals surface area contributed by atoms with Gasteiger partial charge in [0.1, 0.15) is 5.76 Å². The Bertz CT molecular complexity index is 949. The summed E-state index contributed by atoms with van der Waals surface area (Å²) in [5, 5.41) is 8.59. The molecule has 0 radical (unpaired) electrons. The summed E-state index contributed by atoms with van der Waals surface area (Å²) in [7, 11) is 0. The fourth-order valence-corrected chi connectivity index (χ4v) is 3.65. The first kappa shape index (κ1) is 21.8. The molecule has 3 rings (SSSR count). The lowest BCUT2D eigenvalue weighted by molar-refractivity contribution is -0.133. The molecule has 0 bridgehead atoms. The third-order valence-electron chi connectivity index (χ3n) is 3.53.